The molecule has 70 valence electrons. The van der Waals surface area contributed by atoms with E-state index in [0.29, 0.717) is 0 Å². The summed E-state index contributed by atoms with van der Waals surface area (Å²) in [6.45, 7) is 3.91. The molecule has 0 unspecified atom stereocenters. The quantitative estimate of drug-likeness (QED) is 0.574. The molecule has 0 saturated heterocycles. The highest BCUT2D eigenvalue weighted by molar-refractivity contribution is 7.98. The van der Waals surface area contributed by atoms with Gasteiger partial charge >= 0.3 is 0 Å². The maximum absolute atomic E-state index is 4.16. The molecule has 0 nitrogen and oxygen atoms in total. The van der Waals surface area contributed by atoms with Crippen LogP contribution in [0, 0.1) is 0 Å². The van der Waals surface area contributed by atoms with Gasteiger partial charge in [0.15, 0.2) is 0 Å². The van der Waals surface area contributed by atoms with Crippen molar-refractivity contribution in [1.29, 1.82) is 0 Å². The van der Waals surface area contributed by atoms with Crippen molar-refractivity contribution in [2.45, 2.75) is 5.75 Å². The van der Waals surface area contributed by atoms with Gasteiger partial charge in [-0.25, -0.2) is 0 Å². The summed E-state index contributed by atoms with van der Waals surface area (Å²) in [5, 5.41) is 0. The van der Waals surface area contributed by atoms with E-state index in [9.17, 15) is 0 Å². The van der Waals surface area contributed by atoms with Crippen molar-refractivity contribution in [1.82, 2.24) is 0 Å². The van der Waals surface area contributed by atoms with Crippen LogP contribution in [0.1, 0.15) is 5.56 Å². The molecule has 0 amide bonds. The molecule has 0 aliphatic heterocycles. The molecule has 2 heteroatoms. The fourth-order valence-corrected chi connectivity index (χ4v) is 2.12. The van der Waals surface area contributed by atoms with Crippen LogP contribution in [0.25, 0.3) is 0 Å². The van der Waals surface area contributed by atoms with Crippen LogP contribution >= 0.6 is 24.4 Å². The van der Waals surface area contributed by atoms with Crippen molar-refractivity contribution in [3.05, 3.63) is 48.0 Å². The summed E-state index contributed by atoms with van der Waals surface area (Å²) in [6, 6.07) is 10.5. The van der Waals surface area contributed by atoms with E-state index in [1.54, 1.807) is 0 Å². The molecule has 0 radical (unpaired) electrons. The van der Waals surface area contributed by atoms with Gasteiger partial charge in [-0.2, -0.15) is 24.4 Å². The second kappa shape index (κ2) is 6.17. The summed E-state index contributed by atoms with van der Waals surface area (Å²) in [5.74, 6) is 2.87. The minimum Gasteiger partial charge on any atom is -0.175 e. The normalized spacial score (nSPS) is 9.92. The Morgan fingerprint density at radius 1 is 1.31 bits per heavy atom. The van der Waals surface area contributed by atoms with Crippen molar-refractivity contribution < 1.29 is 0 Å². The molecule has 0 aliphatic rings. The fourth-order valence-electron chi connectivity index (χ4n) is 0.933. The van der Waals surface area contributed by atoms with Crippen LogP contribution < -0.4 is 0 Å². The highest BCUT2D eigenvalue weighted by atomic mass is 32.2. The van der Waals surface area contributed by atoms with Gasteiger partial charge in [-0.3, -0.25) is 0 Å². The molecule has 0 spiro atoms. The Labute approximate surface area is 89.8 Å². The molecule has 13 heavy (non-hydrogen) atoms. The van der Waals surface area contributed by atoms with Crippen molar-refractivity contribution in [3.8, 4) is 0 Å². The molecule has 0 fully saturated rings. The van der Waals surface area contributed by atoms with E-state index in [1.807, 2.05) is 17.8 Å². The van der Waals surface area contributed by atoms with Crippen LogP contribution in [0.4, 0.5) is 0 Å². The lowest BCUT2D eigenvalue weighted by Gasteiger charge is -2.02. The first-order chi connectivity index (χ1) is 6.33. The lowest BCUT2D eigenvalue weighted by Crippen LogP contribution is -1.88. The van der Waals surface area contributed by atoms with Gasteiger partial charge < -0.3 is 0 Å². The molecule has 1 rings (SSSR count). The maximum atomic E-state index is 4.16. The number of benzene rings is 1. The van der Waals surface area contributed by atoms with Gasteiger partial charge in [0, 0.05) is 17.3 Å². The standard InChI is InChI=1S/C11H14S2/c1-10(7-12)8-13-9-11-5-3-2-4-6-11/h2-6,12H,1,7-9H2. The van der Waals surface area contributed by atoms with Crippen molar-refractivity contribution in [3.63, 3.8) is 0 Å². The Hall–Kier alpha value is -0.340. The molecule has 0 aliphatic carbocycles. The average molecular weight is 210 g/mol. The minimum atomic E-state index is 0.793. The predicted molar refractivity (Wildman–Crippen MR) is 65.6 cm³/mol. The van der Waals surface area contributed by atoms with E-state index in [1.165, 1.54) is 11.1 Å². The number of hydrogen-bond acceptors (Lipinski definition) is 2. The van der Waals surface area contributed by atoms with Crippen LogP contribution in [0.15, 0.2) is 42.5 Å². The predicted octanol–water partition coefficient (Wildman–Crippen LogP) is 3.41. The van der Waals surface area contributed by atoms with E-state index in [-0.39, 0.29) is 0 Å². The number of thioether (sulfide) groups is 1. The number of thiol groups is 1. The van der Waals surface area contributed by atoms with Crippen molar-refractivity contribution in [2.75, 3.05) is 11.5 Å². The molecule has 0 saturated carbocycles. The zero-order chi connectivity index (χ0) is 9.52. The van der Waals surface area contributed by atoms with Gasteiger partial charge in [-0.05, 0) is 5.56 Å². The van der Waals surface area contributed by atoms with E-state index >= 15 is 0 Å². The molecule has 1 aromatic carbocycles. The molecular weight excluding hydrogens is 196 g/mol. The third-order valence-corrected chi connectivity index (χ3v) is 3.24. The first-order valence-electron chi connectivity index (χ1n) is 4.22. The Bertz CT molecular complexity index is 254. The third kappa shape index (κ3) is 4.44. The maximum Gasteiger partial charge on any atom is 0.0187 e. The van der Waals surface area contributed by atoms with Gasteiger partial charge in [0.2, 0.25) is 0 Å². The second-order valence-electron chi connectivity index (χ2n) is 2.89. The SMILES string of the molecule is C=C(CS)CSCc1ccccc1. The first-order valence-corrected chi connectivity index (χ1v) is 6.01. The summed E-state index contributed by atoms with van der Waals surface area (Å²) in [6.07, 6.45) is 0. The molecule has 0 aromatic heterocycles. The summed E-state index contributed by atoms with van der Waals surface area (Å²) < 4.78 is 0. The van der Waals surface area contributed by atoms with Crippen LogP contribution in [-0.2, 0) is 5.75 Å². The monoisotopic (exact) mass is 210 g/mol. The van der Waals surface area contributed by atoms with Gasteiger partial charge in [0.1, 0.15) is 0 Å². The Balaban J connectivity index is 2.24. The van der Waals surface area contributed by atoms with Crippen LogP contribution in [0.5, 0.6) is 0 Å². The van der Waals surface area contributed by atoms with Gasteiger partial charge in [0.05, 0.1) is 0 Å². The lowest BCUT2D eigenvalue weighted by molar-refractivity contribution is 1.39. The van der Waals surface area contributed by atoms with E-state index < -0.39 is 0 Å². The molecule has 1 aromatic rings. The smallest absolute Gasteiger partial charge is 0.0187 e. The third-order valence-electron chi connectivity index (χ3n) is 1.64. The number of rotatable bonds is 5. The summed E-state index contributed by atoms with van der Waals surface area (Å²) in [7, 11) is 0. The zero-order valence-corrected chi connectivity index (χ0v) is 9.28. The average Bonchev–Trinajstić information content (AvgIpc) is 2.19. The van der Waals surface area contributed by atoms with E-state index in [2.05, 4.69) is 43.5 Å². The van der Waals surface area contributed by atoms with E-state index in [0.717, 1.165) is 17.3 Å². The molecule has 0 atom stereocenters. The van der Waals surface area contributed by atoms with Crippen molar-refractivity contribution >= 4 is 24.4 Å². The van der Waals surface area contributed by atoms with Crippen LogP contribution in [0.3, 0.4) is 0 Å². The summed E-state index contributed by atoms with van der Waals surface area (Å²) in [4.78, 5) is 0. The second-order valence-corrected chi connectivity index (χ2v) is 4.19. The molecule has 0 N–H and O–H groups in total. The molecule has 0 bridgehead atoms. The van der Waals surface area contributed by atoms with Gasteiger partial charge in [0.25, 0.3) is 0 Å². The summed E-state index contributed by atoms with van der Waals surface area (Å²) >= 11 is 6.05. The van der Waals surface area contributed by atoms with Crippen LogP contribution in [-0.4, -0.2) is 11.5 Å². The first kappa shape index (κ1) is 10.7. The van der Waals surface area contributed by atoms with Gasteiger partial charge in [-0.1, -0.05) is 42.5 Å². The largest absolute Gasteiger partial charge is 0.175 e. The van der Waals surface area contributed by atoms with Crippen LogP contribution in [0.2, 0.25) is 0 Å². The zero-order valence-electron chi connectivity index (χ0n) is 7.57. The molecular formula is C11H14S2. The highest BCUT2D eigenvalue weighted by Gasteiger charge is 1.93. The summed E-state index contributed by atoms with van der Waals surface area (Å²) in [5.41, 5.74) is 2.57. The highest BCUT2D eigenvalue weighted by Crippen LogP contribution is 2.14. The topological polar surface area (TPSA) is 0 Å². The lowest BCUT2D eigenvalue weighted by atomic mass is 10.2. The van der Waals surface area contributed by atoms with E-state index in [4.69, 9.17) is 0 Å². The Morgan fingerprint density at radius 3 is 2.62 bits per heavy atom. The van der Waals surface area contributed by atoms with Gasteiger partial charge in [-0.15, -0.1) is 0 Å². The number of hydrogen-bond donors (Lipinski definition) is 1. The molecule has 0 heterocycles. The minimum absolute atomic E-state index is 0.793. The fraction of sp³-hybridized carbons (Fsp3) is 0.273. The Kier molecular flexibility index (Phi) is 5.09. The van der Waals surface area contributed by atoms with Crippen molar-refractivity contribution in [2.24, 2.45) is 0 Å². The Morgan fingerprint density at radius 2 is 2.00 bits per heavy atom.